The molecule has 0 spiro atoms. The van der Waals surface area contributed by atoms with Crippen LogP contribution in [0.4, 0.5) is 11.4 Å². The van der Waals surface area contributed by atoms with Crippen LogP contribution in [0.25, 0.3) is 0 Å². The van der Waals surface area contributed by atoms with Crippen molar-refractivity contribution in [2.75, 3.05) is 36.4 Å². The Morgan fingerprint density at radius 2 is 2.00 bits per heavy atom. The molecule has 2 N–H and O–H groups in total. The van der Waals surface area contributed by atoms with E-state index in [2.05, 4.69) is 23.2 Å². The molecular formula is C21H24ClN4O+. The van der Waals surface area contributed by atoms with Crippen LogP contribution in [0.5, 0.6) is 0 Å². The van der Waals surface area contributed by atoms with E-state index < -0.39 is 0 Å². The molecule has 5 nitrogen and oxygen atoms in total. The number of quaternary nitrogens is 1. The number of anilines is 2. The van der Waals surface area contributed by atoms with Crippen molar-refractivity contribution in [1.29, 1.82) is 5.26 Å². The Morgan fingerprint density at radius 3 is 2.70 bits per heavy atom. The van der Waals surface area contributed by atoms with Crippen LogP contribution in [-0.2, 0) is 4.79 Å². The van der Waals surface area contributed by atoms with Crippen LogP contribution in [0.15, 0.2) is 42.5 Å². The van der Waals surface area contributed by atoms with Gasteiger partial charge in [-0.05, 0) is 49.7 Å². The third kappa shape index (κ3) is 4.60. The van der Waals surface area contributed by atoms with Gasteiger partial charge in [0, 0.05) is 16.4 Å². The summed E-state index contributed by atoms with van der Waals surface area (Å²) in [6.45, 7) is 7.60. The van der Waals surface area contributed by atoms with Gasteiger partial charge in [0.25, 0.3) is 5.91 Å². The maximum Gasteiger partial charge on any atom is 0.282 e. The maximum atomic E-state index is 12.6. The van der Waals surface area contributed by atoms with Crippen molar-refractivity contribution in [3.8, 4) is 6.07 Å². The Balaban J connectivity index is 1.59. The van der Waals surface area contributed by atoms with E-state index in [0.717, 1.165) is 31.2 Å². The van der Waals surface area contributed by atoms with E-state index in [4.69, 9.17) is 16.9 Å². The number of aryl methyl sites for hydroxylation is 1. The van der Waals surface area contributed by atoms with Crippen LogP contribution < -0.4 is 15.1 Å². The molecule has 3 rings (SSSR count). The number of hydrogen-bond acceptors (Lipinski definition) is 3. The number of nitrogens with zero attached hydrogens (tertiary/aromatic N) is 2. The molecule has 0 radical (unpaired) electrons. The SMILES string of the molecule is Cc1ccc(Cl)cc1N1CC[NH+]([C@@H](C)C(=O)Nc2cccc(C#N)c2)CC1. The third-order valence-electron chi connectivity index (χ3n) is 5.18. The number of carbonyl (C=O) groups is 1. The molecule has 0 bridgehead atoms. The number of nitrogens with one attached hydrogen (secondary N) is 2. The largest absolute Gasteiger partial charge is 0.360 e. The van der Waals surface area contributed by atoms with E-state index in [1.165, 1.54) is 16.2 Å². The van der Waals surface area contributed by atoms with Crippen LogP contribution in [0.1, 0.15) is 18.1 Å². The highest BCUT2D eigenvalue weighted by Gasteiger charge is 2.29. The van der Waals surface area contributed by atoms with Crippen molar-refractivity contribution < 1.29 is 9.69 Å². The first kappa shape index (κ1) is 19.2. The first-order chi connectivity index (χ1) is 13.0. The molecule has 1 heterocycles. The Morgan fingerprint density at radius 1 is 1.26 bits per heavy atom. The van der Waals surface area contributed by atoms with Gasteiger partial charge in [0.05, 0.1) is 37.8 Å². The van der Waals surface area contributed by atoms with Gasteiger partial charge in [-0.2, -0.15) is 5.26 Å². The lowest BCUT2D eigenvalue weighted by atomic mass is 10.1. The van der Waals surface area contributed by atoms with E-state index in [-0.39, 0.29) is 11.9 Å². The van der Waals surface area contributed by atoms with Crippen LogP contribution in [0, 0.1) is 18.3 Å². The van der Waals surface area contributed by atoms with Crippen LogP contribution in [0.2, 0.25) is 5.02 Å². The first-order valence-corrected chi connectivity index (χ1v) is 9.52. The summed E-state index contributed by atoms with van der Waals surface area (Å²) >= 11 is 6.15. The normalized spacial score (nSPS) is 15.9. The molecule has 0 aromatic heterocycles. The van der Waals surface area contributed by atoms with Gasteiger partial charge < -0.3 is 15.1 Å². The summed E-state index contributed by atoms with van der Waals surface area (Å²) in [5.41, 5.74) is 3.59. The van der Waals surface area contributed by atoms with Gasteiger partial charge in [-0.15, -0.1) is 0 Å². The number of halogens is 1. The van der Waals surface area contributed by atoms with Gasteiger partial charge in [0.1, 0.15) is 0 Å². The van der Waals surface area contributed by atoms with Gasteiger partial charge in [-0.25, -0.2) is 0 Å². The first-order valence-electron chi connectivity index (χ1n) is 9.14. The molecule has 0 unspecified atom stereocenters. The number of nitriles is 1. The second-order valence-electron chi connectivity index (χ2n) is 6.98. The molecule has 1 atom stereocenters. The van der Waals surface area contributed by atoms with Gasteiger partial charge in [0.2, 0.25) is 0 Å². The summed E-state index contributed by atoms with van der Waals surface area (Å²) in [6.07, 6.45) is 0. The minimum Gasteiger partial charge on any atom is -0.360 e. The summed E-state index contributed by atoms with van der Waals surface area (Å²) in [4.78, 5) is 16.2. The zero-order valence-electron chi connectivity index (χ0n) is 15.6. The van der Waals surface area contributed by atoms with Gasteiger partial charge >= 0.3 is 0 Å². The summed E-state index contributed by atoms with van der Waals surface area (Å²) in [7, 11) is 0. The zero-order chi connectivity index (χ0) is 19.4. The Kier molecular flexibility index (Phi) is 6.00. The topological polar surface area (TPSA) is 60.6 Å². The summed E-state index contributed by atoms with van der Waals surface area (Å²) < 4.78 is 0. The Bertz CT molecular complexity index is 869. The van der Waals surface area contributed by atoms with E-state index >= 15 is 0 Å². The van der Waals surface area contributed by atoms with E-state index in [9.17, 15) is 4.79 Å². The molecule has 1 fully saturated rings. The minimum absolute atomic E-state index is 0.0209. The quantitative estimate of drug-likeness (QED) is 0.851. The monoisotopic (exact) mass is 383 g/mol. The van der Waals surface area contributed by atoms with E-state index in [1.54, 1.807) is 24.3 Å². The number of hydrogen-bond donors (Lipinski definition) is 2. The molecule has 1 saturated heterocycles. The fourth-order valence-corrected chi connectivity index (χ4v) is 3.66. The summed E-state index contributed by atoms with van der Waals surface area (Å²) in [5, 5.41) is 12.7. The second-order valence-corrected chi connectivity index (χ2v) is 7.42. The van der Waals surface area contributed by atoms with Gasteiger partial charge in [-0.3, -0.25) is 4.79 Å². The average Bonchev–Trinajstić information content (AvgIpc) is 2.69. The third-order valence-corrected chi connectivity index (χ3v) is 5.42. The highest BCUT2D eigenvalue weighted by molar-refractivity contribution is 6.30. The molecule has 6 heteroatoms. The Hall–Kier alpha value is -2.55. The molecule has 2 aromatic carbocycles. The van der Waals surface area contributed by atoms with Crippen molar-refractivity contribution in [1.82, 2.24) is 0 Å². The lowest BCUT2D eigenvalue weighted by molar-refractivity contribution is -0.914. The lowest BCUT2D eigenvalue weighted by Crippen LogP contribution is -3.19. The average molecular weight is 384 g/mol. The summed E-state index contributed by atoms with van der Waals surface area (Å²) in [6, 6.07) is 14.9. The highest BCUT2D eigenvalue weighted by Crippen LogP contribution is 2.24. The number of benzene rings is 2. The van der Waals surface area contributed by atoms with E-state index in [1.807, 2.05) is 25.1 Å². The number of carbonyl (C=O) groups excluding carboxylic acids is 1. The maximum absolute atomic E-state index is 12.6. The van der Waals surface area contributed by atoms with Gasteiger partial charge in [-0.1, -0.05) is 23.7 Å². The molecule has 27 heavy (non-hydrogen) atoms. The number of amides is 1. The van der Waals surface area contributed by atoms with Crippen molar-refractivity contribution in [3.63, 3.8) is 0 Å². The predicted octanol–water partition coefficient (Wildman–Crippen LogP) is 2.25. The second kappa shape index (κ2) is 8.43. The van der Waals surface area contributed by atoms with Crippen molar-refractivity contribution in [2.45, 2.75) is 19.9 Å². The molecular weight excluding hydrogens is 360 g/mol. The molecule has 0 aliphatic carbocycles. The molecule has 1 amide bonds. The van der Waals surface area contributed by atoms with Crippen LogP contribution >= 0.6 is 11.6 Å². The predicted molar refractivity (Wildman–Crippen MR) is 108 cm³/mol. The smallest absolute Gasteiger partial charge is 0.282 e. The Labute approximate surface area is 165 Å². The van der Waals surface area contributed by atoms with E-state index in [0.29, 0.717) is 11.3 Å². The van der Waals surface area contributed by atoms with Crippen LogP contribution in [0.3, 0.4) is 0 Å². The van der Waals surface area contributed by atoms with Crippen LogP contribution in [-0.4, -0.2) is 38.1 Å². The molecule has 1 aliphatic heterocycles. The minimum atomic E-state index is -0.154. The molecule has 0 saturated carbocycles. The fraction of sp³-hybridized carbons (Fsp3) is 0.333. The standard InChI is InChI=1S/C21H23ClN4O/c1-15-6-7-18(22)13-20(15)26-10-8-25(9-11-26)16(2)21(27)24-19-5-3-4-17(12-19)14-23/h3-7,12-13,16H,8-11H2,1-2H3,(H,24,27)/p+1/t16-/m0/s1. The fourth-order valence-electron chi connectivity index (χ4n) is 3.49. The lowest BCUT2D eigenvalue weighted by Gasteiger charge is -2.36. The molecule has 2 aromatic rings. The zero-order valence-corrected chi connectivity index (χ0v) is 16.4. The summed E-state index contributed by atoms with van der Waals surface area (Å²) in [5.74, 6) is -0.0209. The number of rotatable bonds is 4. The van der Waals surface area contributed by atoms with Crippen molar-refractivity contribution in [2.24, 2.45) is 0 Å². The van der Waals surface area contributed by atoms with Gasteiger partial charge in [0.15, 0.2) is 6.04 Å². The van der Waals surface area contributed by atoms with Crippen molar-refractivity contribution in [3.05, 3.63) is 58.6 Å². The molecule has 140 valence electrons. The highest BCUT2D eigenvalue weighted by atomic mass is 35.5. The van der Waals surface area contributed by atoms with Crippen molar-refractivity contribution >= 4 is 28.9 Å². The molecule has 1 aliphatic rings. The number of piperazine rings is 1.